The highest BCUT2D eigenvalue weighted by atomic mass is 32.1. The Kier molecular flexibility index (Phi) is 6.61. The smallest absolute Gasteiger partial charge is 0.328 e. The number of nitrogens with zero attached hydrogens (tertiary/aromatic N) is 2. The van der Waals surface area contributed by atoms with E-state index in [1.54, 1.807) is 38.3 Å². The van der Waals surface area contributed by atoms with Crippen LogP contribution in [0.4, 0.5) is 13.6 Å². The van der Waals surface area contributed by atoms with E-state index in [1.807, 2.05) is 11.4 Å². The number of urea groups is 1. The van der Waals surface area contributed by atoms with Gasteiger partial charge in [-0.25, -0.2) is 13.6 Å². The van der Waals surface area contributed by atoms with Crippen LogP contribution in [0.3, 0.4) is 0 Å². The molecule has 0 spiro atoms. The van der Waals surface area contributed by atoms with Crippen LogP contribution in [0.15, 0.2) is 58.5 Å². The number of imide groups is 1. The number of thiophene rings is 1. The van der Waals surface area contributed by atoms with Crippen molar-refractivity contribution in [2.75, 3.05) is 0 Å². The fraction of sp³-hybridized carbons (Fsp3) is 0.217. The number of carbonyl (C=O) groups excluding carboxylic acids is 2. The third-order valence-corrected chi connectivity index (χ3v) is 5.60. The third-order valence-electron chi connectivity index (χ3n) is 4.66. The van der Waals surface area contributed by atoms with Gasteiger partial charge in [-0.3, -0.25) is 15.4 Å². The zero-order chi connectivity index (χ0) is 24.3. The first kappa shape index (κ1) is 23.6. The number of hydrogen-bond acceptors (Lipinski definition) is 6. The standard InChI is InChI=1S/C23H18F2N4O3S/c1-23(2,3)19-12(10-26)17(16-8-5-9-33-16)13(11-27)21(32-19)29-22(31)28-20(30)18-14(24)6-4-7-15(18)25/h4-9,17H,1-3H3,(H2,28,29,30,31)/t17-/m0/s1. The van der Waals surface area contributed by atoms with Crippen LogP contribution >= 0.6 is 11.3 Å². The summed E-state index contributed by atoms with van der Waals surface area (Å²) in [6, 6.07) is 9.27. The van der Waals surface area contributed by atoms with Gasteiger partial charge in [0.15, 0.2) is 0 Å². The number of rotatable bonds is 3. The highest BCUT2D eigenvalue weighted by Gasteiger charge is 2.39. The molecule has 10 heteroatoms. The lowest BCUT2D eigenvalue weighted by atomic mass is 9.81. The summed E-state index contributed by atoms with van der Waals surface area (Å²) < 4.78 is 33.5. The number of benzene rings is 1. The molecule has 0 aliphatic carbocycles. The molecule has 1 aromatic carbocycles. The first-order valence-corrected chi connectivity index (χ1v) is 10.5. The van der Waals surface area contributed by atoms with Gasteiger partial charge in [-0.2, -0.15) is 10.5 Å². The maximum Gasteiger partial charge on any atom is 0.328 e. The second-order valence-corrected chi connectivity index (χ2v) is 8.99. The number of allylic oxidation sites excluding steroid dienone is 3. The summed E-state index contributed by atoms with van der Waals surface area (Å²) in [7, 11) is 0. The zero-order valence-electron chi connectivity index (χ0n) is 17.8. The van der Waals surface area contributed by atoms with Gasteiger partial charge < -0.3 is 4.74 Å². The molecule has 2 heterocycles. The van der Waals surface area contributed by atoms with Crippen LogP contribution in [-0.2, 0) is 4.74 Å². The number of ether oxygens (including phenoxy) is 1. The second kappa shape index (κ2) is 9.23. The molecule has 168 valence electrons. The summed E-state index contributed by atoms with van der Waals surface area (Å²) >= 11 is 1.32. The van der Waals surface area contributed by atoms with Crippen LogP contribution in [0.5, 0.6) is 0 Å². The number of nitriles is 2. The third kappa shape index (κ3) is 4.76. The average Bonchev–Trinajstić information content (AvgIpc) is 3.26. The largest absolute Gasteiger partial charge is 0.443 e. The van der Waals surface area contributed by atoms with E-state index in [9.17, 15) is 28.9 Å². The summed E-state index contributed by atoms with van der Waals surface area (Å²) in [6.45, 7) is 5.39. The molecule has 0 unspecified atom stereocenters. The Hall–Kier alpha value is -4.02. The van der Waals surface area contributed by atoms with Crippen LogP contribution in [0.1, 0.15) is 41.9 Å². The molecule has 0 saturated carbocycles. The van der Waals surface area contributed by atoms with Crippen molar-refractivity contribution in [1.29, 1.82) is 10.5 Å². The highest BCUT2D eigenvalue weighted by molar-refractivity contribution is 7.10. The molecule has 1 aromatic heterocycles. The van der Waals surface area contributed by atoms with Crippen molar-refractivity contribution in [3.05, 3.63) is 80.6 Å². The van der Waals surface area contributed by atoms with Crippen molar-refractivity contribution >= 4 is 23.3 Å². The van der Waals surface area contributed by atoms with E-state index in [-0.39, 0.29) is 22.8 Å². The Morgan fingerprint density at radius 3 is 2.21 bits per heavy atom. The minimum Gasteiger partial charge on any atom is -0.443 e. The molecule has 2 N–H and O–H groups in total. The van der Waals surface area contributed by atoms with Crippen LogP contribution < -0.4 is 10.6 Å². The molecule has 1 atom stereocenters. The minimum absolute atomic E-state index is 0.0540. The topological polar surface area (TPSA) is 115 Å². The van der Waals surface area contributed by atoms with Crippen LogP contribution in [0, 0.1) is 39.7 Å². The SMILES string of the molecule is CC(C)(C)C1=C(C#N)[C@H](c2cccs2)C(C#N)=C(NC(=O)NC(=O)c2c(F)cccc2F)O1. The molecule has 0 radical (unpaired) electrons. The fourth-order valence-corrected chi connectivity index (χ4v) is 4.10. The Morgan fingerprint density at radius 1 is 1.06 bits per heavy atom. The van der Waals surface area contributed by atoms with Gasteiger partial charge in [0.1, 0.15) is 34.6 Å². The van der Waals surface area contributed by atoms with Gasteiger partial charge >= 0.3 is 6.03 Å². The number of amides is 3. The van der Waals surface area contributed by atoms with E-state index in [1.165, 1.54) is 11.3 Å². The van der Waals surface area contributed by atoms with Crippen LogP contribution in [0.25, 0.3) is 0 Å². The van der Waals surface area contributed by atoms with E-state index < -0.39 is 40.5 Å². The second-order valence-electron chi connectivity index (χ2n) is 8.01. The predicted octanol–water partition coefficient (Wildman–Crippen LogP) is 4.84. The van der Waals surface area contributed by atoms with E-state index in [2.05, 4.69) is 11.4 Å². The summed E-state index contributed by atoms with van der Waals surface area (Å²) in [6.07, 6.45) is 0. The zero-order valence-corrected chi connectivity index (χ0v) is 18.6. The Balaban J connectivity index is 1.97. The van der Waals surface area contributed by atoms with Crippen LogP contribution in [-0.4, -0.2) is 11.9 Å². The molecule has 7 nitrogen and oxygen atoms in total. The molecule has 2 aromatic rings. The molecular weight excluding hydrogens is 450 g/mol. The molecule has 3 rings (SSSR count). The molecule has 3 amide bonds. The number of halogens is 2. The lowest BCUT2D eigenvalue weighted by Gasteiger charge is -2.32. The summed E-state index contributed by atoms with van der Waals surface area (Å²) in [5, 5.41) is 25.6. The van der Waals surface area contributed by atoms with Crippen LogP contribution in [0.2, 0.25) is 0 Å². The van der Waals surface area contributed by atoms with E-state index >= 15 is 0 Å². The maximum atomic E-state index is 13.9. The summed E-state index contributed by atoms with van der Waals surface area (Å²) in [5.41, 5.74) is -1.43. The molecule has 0 bridgehead atoms. The maximum absolute atomic E-state index is 13.9. The normalized spacial score (nSPS) is 15.9. The van der Waals surface area contributed by atoms with Crippen molar-refractivity contribution in [1.82, 2.24) is 10.6 Å². The molecule has 33 heavy (non-hydrogen) atoms. The van der Waals surface area contributed by atoms with Gasteiger partial charge in [0.05, 0.1) is 17.6 Å². The van der Waals surface area contributed by atoms with Crippen molar-refractivity contribution in [3.63, 3.8) is 0 Å². The molecule has 1 aliphatic rings. The molecule has 0 fully saturated rings. The predicted molar refractivity (Wildman–Crippen MR) is 115 cm³/mol. The van der Waals surface area contributed by atoms with Gasteiger partial charge in [-0.05, 0) is 23.6 Å². The minimum atomic E-state index is -1.31. The quantitative estimate of drug-likeness (QED) is 0.669. The van der Waals surface area contributed by atoms with E-state index in [0.717, 1.165) is 18.2 Å². The van der Waals surface area contributed by atoms with Crippen molar-refractivity contribution in [2.45, 2.75) is 26.7 Å². The van der Waals surface area contributed by atoms with Gasteiger partial charge in [0, 0.05) is 10.3 Å². The van der Waals surface area contributed by atoms with Crippen molar-refractivity contribution in [2.24, 2.45) is 5.41 Å². The Labute approximate surface area is 192 Å². The first-order chi connectivity index (χ1) is 15.6. The lowest BCUT2D eigenvalue weighted by Crippen LogP contribution is -2.41. The van der Waals surface area contributed by atoms with Crippen molar-refractivity contribution < 1.29 is 23.1 Å². The average molecular weight is 468 g/mol. The van der Waals surface area contributed by atoms with Gasteiger partial charge in [-0.15, -0.1) is 11.3 Å². The van der Waals surface area contributed by atoms with Gasteiger partial charge in [0.2, 0.25) is 5.88 Å². The monoisotopic (exact) mass is 468 g/mol. The molecular formula is C23H18F2N4O3S. The molecule has 1 aliphatic heterocycles. The van der Waals surface area contributed by atoms with Gasteiger partial charge in [-0.1, -0.05) is 32.9 Å². The summed E-state index contributed by atoms with van der Waals surface area (Å²) in [5.74, 6) is -4.42. The molecule has 0 saturated heterocycles. The summed E-state index contributed by atoms with van der Waals surface area (Å²) in [4.78, 5) is 25.4. The number of nitrogens with one attached hydrogen (secondary N) is 2. The Bertz CT molecular complexity index is 1240. The van der Waals surface area contributed by atoms with E-state index in [0.29, 0.717) is 4.88 Å². The lowest BCUT2D eigenvalue weighted by molar-refractivity contribution is 0.0954. The fourth-order valence-electron chi connectivity index (χ4n) is 3.25. The van der Waals surface area contributed by atoms with Crippen molar-refractivity contribution in [3.8, 4) is 12.1 Å². The van der Waals surface area contributed by atoms with Gasteiger partial charge in [0.25, 0.3) is 5.91 Å². The van der Waals surface area contributed by atoms with E-state index in [4.69, 9.17) is 4.74 Å². The number of carbonyl (C=O) groups is 2. The highest BCUT2D eigenvalue weighted by Crippen LogP contribution is 2.45. The Morgan fingerprint density at radius 2 is 1.70 bits per heavy atom. The number of hydrogen-bond donors (Lipinski definition) is 2. The first-order valence-electron chi connectivity index (χ1n) is 9.65.